The number of alkyl halides is 1. The van der Waals surface area contributed by atoms with E-state index >= 15 is 0 Å². The summed E-state index contributed by atoms with van der Waals surface area (Å²) in [5, 5.41) is 18.5. The Kier molecular flexibility index (Phi) is 5.44. The van der Waals surface area contributed by atoms with Crippen molar-refractivity contribution >= 4 is 5.82 Å². The molecule has 2 aliphatic heterocycles. The molecule has 3 aliphatic rings. The van der Waals surface area contributed by atoms with Gasteiger partial charge in [0.25, 0.3) is 0 Å². The number of ether oxygens (including phenoxy) is 1. The fourth-order valence-corrected chi connectivity index (χ4v) is 4.09. The Morgan fingerprint density at radius 1 is 1.28 bits per heavy atom. The van der Waals surface area contributed by atoms with E-state index in [4.69, 9.17) is 10.5 Å². The van der Waals surface area contributed by atoms with E-state index in [0.29, 0.717) is 24.5 Å². The number of phenolic OH excluding ortho intramolecular Hbond substituents is 1. The van der Waals surface area contributed by atoms with Crippen LogP contribution in [0.5, 0.6) is 5.75 Å². The molecule has 7 heteroatoms. The van der Waals surface area contributed by atoms with Gasteiger partial charge in [0.1, 0.15) is 17.6 Å². The summed E-state index contributed by atoms with van der Waals surface area (Å²) in [7, 11) is 1.96. The average molecular weight is 400 g/mol. The maximum atomic E-state index is 12.4. The SMILES string of the molecule is CN1CCCC(F)C1.Cc1ccc(-c2nnc(N)c3c2CC2(CC2)OC3)c(O)c1. The number of fused-ring (bicyclic) bond motifs is 1. The average Bonchev–Trinajstić information content (AvgIpc) is 3.42. The van der Waals surface area contributed by atoms with Crippen LogP contribution in [0.4, 0.5) is 10.2 Å². The van der Waals surface area contributed by atoms with Crippen molar-refractivity contribution in [3.8, 4) is 17.0 Å². The first-order valence-corrected chi connectivity index (χ1v) is 10.3. The van der Waals surface area contributed by atoms with E-state index < -0.39 is 6.17 Å². The minimum Gasteiger partial charge on any atom is -0.507 e. The summed E-state index contributed by atoms with van der Waals surface area (Å²) in [6.07, 6.45) is 4.18. The van der Waals surface area contributed by atoms with Crippen molar-refractivity contribution < 1.29 is 14.2 Å². The van der Waals surface area contributed by atoms with Crippen molar-refractivity contribution in [2.24, 2.45) is 0 Å². The first-order chi connectivity index (χ1) is 13.9. The third-order valence-corrected chi connectivity index (χ3v) is 6.02. The number of aryl methyl sites for hydroxylation is 1. The Morgan fingerprint density at radius 2 is 2.07 bits per heavy atom. The fourth-order valence-electron chi connectivity index (χ4n) is 4.09. The predicted octanol–water partition coefficient (Wildman–Crippen LogP) is 3.40. The van der Waals surface area contributed by atoms with Crippen LogP contribution in [0.25, 0.3) is 11.3 Å². The van der Waals surface area contributed by atoms with Crippen molar-refractivity contribution in [1.29, 1.82) is 0 Å². The third-order valence-electron chi connectivity index (χ3n) is 6.02. The van der Waals surface area contributed by atoms with Gasteiger partial charge in [0.15, 0.2) is 5.82 Å². The molecular formula is C22H29FN4O2. The Morgan fingerprint density at radius 3 is 2.69 bits per heavy atom. The molecule has 0 radical (unpaired) electrons. The summed E-state index contributed by atoms with van der Waals surface area (Å²) in [6.45, 7) is 4.14. The molecule has 1 spiro atoms. The largest absolute Gasteiger partial charge is 0.507 e. The Balaban J connectivity index is 0.000000216. The van der Waals surface area contributed by atoms with Gasteiger partial charge < -0.3 is 20.5 Å². The summed E-state index contributed by atoms with van der Waals surface area (Å²) in [6, 6.07) is 5.60. The van der Waals surface area contributed by atoms with Gasteiger partial charge in [-0.1, -0.05) is 6.07 Å². The number of halogens is 1. The van der Waals surface area contributed by atoms with Crippen LogP contribution in [-0.4, -0.2) is 52.1 Å². The van der Waals surface area contributed by atoms with Crippen molar-refractivity contribution in [3.05, 3.63) is 34.9 Å². The van der Waals surface area contributed by atoms with E-state index in [0.717, 1.165) is 61.0 Å². The Hall–Kier alpha value is -2.25. The van der Waals surface area contributed by atoms with Crippen LogP contribution in [0.2, 0.25) is 0 Å². The van der Waals surface area contributed by atoms with E-state index in [9.17, 15) is 9.50 Å². The van der Waals surface area contributed by atoms with Gasteiger partial charge in [0, 0.05) is 24.1 Å². The number of benzene rings is 1. The molecule has 1 atom stereocenters. The topological polar surface area (TPSA) is 84.5 Å². The minimum absolute atomic E-state index is 0.0302. The van der Waals surface area contributed by atoms with Gasteiger partial charge in [0.2, 0.25) is 0 Å². The molecule has 3 N–H and O–H groups in total. The van der Waals surface area contributed by atoms with Gasteiger partial charge in [-0.05, 0) is 69.5 Å². The fraction of sp³-hybridized carbons (Fsp3) is 0.545. The predicted molar refractivity (Wildman–Crippen MR) is 110 cm³/mol. The summed E-state index contributed by atoms with van der Waals surface area (Å²) < 4.78 is 18.3. The maximum Gasteiger partial charge on any atom is 0.151 e. The molecule has 1 aromatic carbocycles. The first-order valence-electron chi connectivity index (χ1n) is 10.3. The molecule has 1 saturated heterocycles. The Labute approximate surface area is 170 Å². The lowest BCUT2D eigenvalue weighted by atomic mass is 9.93. The monoisotopic (exact) mass is 400 g/mol. The molecule has 1 unspecified atom stereocenters. The number of rotatable bonds is 1. The van der Waals surface area contributed by atoms with E-state index in [1.54, 1.807) is 6.07 Å². The zero-order chi connectivity index (χ0) is 20.6. The lowest BCUT2D eigenvalue weighted by molar-refractivity contribution is 0.00838. The second-order valence-corrected chi connectivity index (χ2v) is 8.56. The van der Waals surface area contributed by atoms with Crippen LogP contribution in [0, 0.1) is 6.92 Å². The standard InChI is InChI=1S/C16H17N3O2.C6H12FN/c1-9-2-3-10(13(20)6-9)14-11-7-16(4-5-16)21-8-12(11)15(17)19-18-14;1-8-4-2-3-6(7)5-8/h2-3,6,20H,4-5,7-8H2,1H3,(H2,17,19);6H,2-5H2,1H3. The summed E-state index contributed by atoms with van der Waals surface area (Å²) in [5.41, 5.74) is 10.3. The van der Waals surface area contributed by atoms with Crippen LogP contribution in [0.3, 0.4) is 0 Å². The molecule has 2 fully saturated rings. The first kappa shape index (κ1) is 20.0. The normalized spacial score (nSPS) is 22.5. The highest BCUT2D eigenvalue weighted by molar-refractivity contribution is 5.72. The maximum absolute atomic E-state index is 12.4. The number of phenols is 1. The second kappa shape index (κ2) is 7.88. The molecular weight excluding hydrogens is 371 g/mol. The van der Waals surface area contributed by atoms with Gasteiger partial charge in [-0.2, -0.15) is 0 Å². The molecule has 2 aromatic rings. The van der Waals surface area contributed by atoms with E-state index in [-0.39, 0.29) is 11.4 Å². The number of aromatic hydroxyl groups is 1. The summed E-state index contributed by atoms with van der Waals surface area (Å²) in [4.78, 5) is 2.04. The zero-order valence-corrected chi connectivity index (χ0v) is 17.1. The Bertz CT molecular complexity index is 893. The van der Waals surface area contributed by atoms with E-state index in [1.807, 2.05) is 31.0 Å². The van der Waals surface area contributed by atoms with Gasteiger partial charge in [-0.25, -0.2) is 4.39 Å². The van der Waals surface area contributed by atoms with Gasteiger partial charge in [0.05, 0.1) is 12.2 Å². The van der Waals surface area contributed by atoms with Crippen LogP contribution in [-0.2, 0) is 17.8 Å². The van der Waals surface area contributed by atoms with Crippen LogP contribution in [0.1, 0.15) is 42.4 Å². The van der Waals surface area contributed by atoms with E-state index in [2.05, 4.69) is 10.2 Å². The number of aromatic nitrogens is 2. The molecule has 1 aromatic heterocycles. The number of hydrogen-bond donors (Lipinski definition) is 2. The number of anilines is 1. The molecule has 156 valence electrons. The summed E-state index contributed by atoms with van der Waals surface area (Å²) in [5.74, 6) is 0.656. The summed E-state index contributed by atoms with van der Waals surface area (Å²) >= 11 is 0. The third kappa shape index (κ3) is 4.36. The van der Waals surface area contributed by atoms with Crippen LogP contribution < -0.4 is 5.73 Å². The second-order valence-electron chi connectivity index (χ2n) is 8.56. The van der Waals surface area contributed by atoms with Crippen molar-refractivity contribution in [3.63, 3.8) is 0 Å². The van der Waals surface area contributed by atoms with Gasteiger partial charge in [-0.3, -0.25) is 0 Å². The van der Waals surface area contributed by atoms with Crippen molar-refractivity contribution in [2.45, 2.75) is 57.4 Å². The number of likely N-dealkylation sites (tertiary alicyclic amines) is 1. The molecule has 1 aliphatic carbocycles. The molecule has 5 rings (SSSR count). The quantitative estimate of drug-likeness (QED) is 0.763. The zero-order valence-electron chi connectivity index (χ0n) is 17.1. The molecule has 0 bridgehead atoms. The van der Waals surface area contributed by atoms with Crippen molar-refractivity contribution in [2.75, 3.05) is 25.9 Å². The molecule has 0 amide bonds. The minimum atomic E-state index is -0.561. The number of nitrogen functional groups attached to an aromatic ring is 1. The number of nitrogens with zero attached hydrogens (tertiary/aromatic N) is 3. The molecule has 6 nitrogen and oxygen atoms in total. The molecule has 3 heterocycles. The van der Waals surface area contributed by atoms with Crippen LogP contribution >= 0.6 is 0 Å². The van der Waals surface area contributed by atoms with Crippen molar-refractivity contribution in [1.82, 2.24) is 15.1 Å². The van der Waals surface area contributed by atoms with Gasteiger partial charge in [-0.15, -0.1) is 10.2 Å². The lowest BCUT2D eigenvalue weighted by Gasteiger charge is -2.27. The smallest absolute Gasteiger partial charge is 0.151 e. The molecule has 1 saturated carbocycles. The lowest BCUT2D eigenvalue weighted by Crippen LogP contribution is -2.32. The highest BCUT2D eigenvalue weighted by Crippen LogP contribution is 2.49. The van der Waals surface area contributed by atoms with Crippen LogP contribution in [0.15, 0.2) is 18.2 Å². The van der Waals surface area contributed by atoms with E-state index in [1.165, 1.54) is 0 Å². The number of hydrogen-bond acceptors (Lipinski definition) is 6. The highest BCUT2D eigenvalue weighted by Gasteiger charge is 2.48. The highest BCUT2D eigenvalue weighted by atomic mass is 19.1. The molecule has 29 heavy (non-hydrogen) atoms. The number of piperidine rings is 1. The van der Waals surface area contributed by atoms with Gasteiger partial charge >= 0.3 is 0 Å². The number of nitrogens with two attached hydrogens (primary N) is 1.